The predicted octanol–water partition coefficient (Wildman–Crippen LogP) is 6.51. The van der Waals surface area contributed by atoms with Gasteiger partial charge in [0.2, 0.25) is 11.7 Å². The number of anilines is 1. The molecule has 0 radical (unpaired) electrons. The third-order valence-electron chi connectivity index (χ3n) is 7.15. The molecule has 0 bridgehead atoms. The van der Waals surface area contributed by atoms with Crippen LogP contribution in [-0.4, -0.2) is 23.1 Å². The van der Waals surface area contributed by atoms with Gasteiger partial charge in [-0.25, -0.2) is 0 Å². The summed E-state index contributed by atoms with van der Waals surface area (Å²) in [5.74, 6) is -0.319. The lowest BCUT2D eigenvalue weighted by Crippen LogP contribution is -2.30. The Balaban J connectivity index is 1.63. The number of nitrogens with zero attached hydrogens (tertiary/aromatic N) is 2. The van der Waals surface area contributed by atoms with Gasteiger partial charge in [0, 0.05) is 51.5 Å². The zero-order valence-corrected chi connectivity index (χ0v) is 23.3. The summed E-state index contributed by atoms with van der Waals surface area (Å²) in [6.07, 6.45) is 0.0798. The summed E-state index contributed by atoms with van der Waals surface area (Å²) in [5, 5.41) is 11.9. The van der Waals surface area contributed by atoms with Crippen LogP contribution in [0.5, 0.6) is 0 Å². The normalized spacial score (nSPS) is 12.6. The van der Waals surface area contributed by atoms with Crippen LogP contribution in [0.2, 0.25) is 0 Å². The second kappa shape index (κ2) is 11.3. The van der Waals surface area contributed by atoms with E-state index in [2.05, 4.69) is 44.2 Å². The Labute approximate surface area is 238 Å². The number of hydrogen-bond donors (Lipinski definition) is 2. The van der Waals surface area contributed by atoms with Crippen LogP contribution in [-0.2, 0) is 11.3 Å². The SMILES string of the molecule is CC(C)c1ccc(Sc2ccc3c4c(cccc24)C(=O)C(C#N)=C3N(CCC(N)=O)Cc2ccc(N)cc2)cc1. The average molecular weight is 547 g/mol. The number of benzene rings is 4. The minimum atomic E-state index is -0.454. The van der Waals surface area contributed by atoms with Crippen molar-refractivity contribution < 1.29 is 9.59 Å². The summed E-state index contributed by atoms with van der Waals surface area (Å²) >= 11 is 1.65. The van der Waals surface area contributed by atoms with Crippen molar-refractivity contribution in [2.24, 2.45) is 5.73 Å². The Bertz CT molecular complexity index is 1680. The van der Waals surface area contributed by atoms with Gasteiger partial charge in [-0.05, 0) is 52.8 Å². The molecular formula is C33H30N4O2S. The Hall–Kier alpha value is -4.54. The number of nitrogen functional groups attached to an aromatic ring is 1. The van der Waals surface area contributed by atoms with E-state index in [0.29, 0.717) is 29.4 Å². The second-order valence-electron chi connectivity index (χ2n) is 10.2. The van der Waals surface area contributed by atoms with Crippen molar-refractivity contribution in [1.29, 1.82) is 5.26 Å². The number of amides is 1. The number of nitrogens with two attached hydrogens (primary N) is 2. The highest BCUT2D eigenvalue weighted by molar-refractivity contribution is 7.99. The van der Waals surface area contributed by atoms with Crippen molar-refractivity contribution in [2.45, 2.75) is 42.5 Å². The van der Waals surface area contributed by atoms with Crippen LogP contribution in [0.25, 0.3) is 16.5 Å². The summed E-state index contributed by atoms with van der Waals surface area (Å²) in [4.78, 5) is 29.6. The quantitative estimate of drug-likeness (QED) is 0.232. The molecule has 4 aromatic rings. The molecule has 0 spiro atoms. The fourth-order valence-corrected chi connectivity index (χ4v) is 6.01. The molecule has 5 rings (SSSR count). The van der Waals surface area contributed by atoms with Gasteiger partial charge in [0.05, 0.1) is 5.70 Å². The molecule has 1 aliphatic rings. The van der Waals surface area contributed by atoms with Gasteiger partial charge in [-0.1, -0.05) is 74.1 Å². The van der Waals surface area contributed by atoms with Crippen LogP contribution in [0.3, 0.4) is 0 Å². The number of nitriles is 1. The fraction of sp³-hybridized carbons (Fsp3) is 0.182. The number of rotatable bonds is 9. The fourth-order valence-electron chi connectivity index (χ4n) is 5.07. The van der Waals surface area contributed by atoms with Crippen molar-refractivity contribution in [3.05, 3.63) is 107 Å². The molecule has 4 aromatic carbocycles. The van der Waals surface area contributed by atoms with Gasteiger partial charge < -0.3 is 16.4 Å². The molecule has 0 aromatic heterocycles. The molecule has 0 unspecified atom stereocenters. The lowest BCUT2D eigenvalue weighted by Gasteiger charge is -2.32. The lowest BCUT2D eigenvalue weighted by molar-refractivity contribution is -0.118. The van der Waals surface area contributed by atoms with E-state index in [1.165, 1.54) is 5.56 Å². The first kappa shape index (κ1) is 27.0. The molecule has 0 aliphatic heterocycles. The van der Waals surface area contributed by atoms with Crippen molar-refractivity contribution in [3.8, 4) is 6.07 Å². The largest absolute Gasteiger partial charge is 0.399 e. The monoisotopic (exact) mass is 546 g/mol. The standard InChI is InChI=1S/C33H30N4O2S/c1-20(2)22-8-12-24(13-9-22)40-29-15-14-26-31-25(29)4-3-5-27(31)33(39)28(18-34)32(26)37(17-16-30(36)38)19-21-6-10-23(35)11-7-21/h3-15,20H,16-17,19,35H2,1-2H3,(H2,36,38). The number of primary amides is 1. The lowest BCUT2D eigenvalue weighted by atomic mass is 9.85. The molecule has 0 heterocycles. The molecule has 7 heteroatoms. The van der Waals surface area contributed by atoms with Crippen LogP contribution >= 0.6 is 11.8 Å². The van der Waals surface area contributed by atoms with E-state index >= 15 is 0 Å². The van der Waals surface area contributed by atoms with Crippen LogP contribution in [0.4, 0.5) is 5.69 Å². The Kier molecular flexibility index (Phi) is 7.63. The molecule has 0 saturated carbocycles. The van der Waals surface area contributed by atoms with E-state index in [-0.39, 0.29) is 24.3 Å². The molecule has 0 saturated heterocycles. The Morgan fingerprint density at radius 2 is 1.70 bits per heavy atom. The average Bonchev–Trinajstić information content (AvgIpc) is 2.95. The number of Topliss-reactive ketones (excluding diaryl/α,β-unsaturated/α-hetero) is 1. The van der Waals surface area contributed by atoms with E-state index in [1.54, 1.807) is 30.0 Å². The van der Waals surface area contributed by atoms with E-state index in [1.807, 2.05) is 41.3 Å². The molecule has 0 atom stereocenters. The highest BCUT2D eigenvalue weighted by Gasteiger charge is 2.32. The maximum atomic E-state index is 13.7. The summed E-state index contributed by atoms with van der Waals surface area (Å²) in [5.41, 5.74) is 16.1. The van der Waals surface area contributed by atoms with Crippen LogP contribution < -0.4 is 11.5 Å². The number of allylic oxidation sites excluding steroid dienone is 1. The molecule has 40 heavy (non-hydrogen) atoms. The number of hydrogen-bond acceptors (Lipinski definition) is 6. The molecule has 6 nitrogen and oxygen atoms in total. The van der Waals surface area contributed by atoms with E-state index in [9.17, 15) is 14.9 Å². The van der Waals surface area contributed by atoms with Gasteiger partial charge in [-0.3, -0.25) is 9.59 Å². The van der Waals surface area contributed by atoms with Crippen molar-refractivity contribution >= 4 is 45.6 Å². The Morgan fingerprint density at radius 3 is 2.35 bits per heavy atom. The van der Waals surface area contributed by atoms with Crippen molar-refractivity contribution in [3.63, 3.8) is 0 Å². The maximum absolute atomic E-state index is 13.7. The van der Waals surface area contributed by atoms with Crippen LogP contribution in [0, 0.1) is 11.3 Å². The first-order valence-electron chi connectivity index (χ1n) is 13.2. The molecule has 1 amide bonds. The third kappa shape index (κ3) is 5.31. The minimum absolute atomic E-state index is 0.0598. The van der Waals surface area contributed by atoms with Gasteiger partial charge in [0.1, 0.15) is 11.6 Å². The number of ketones is 1. The number of carbonyl (C=O) groups is 2. The molecule has 200 valence electrons. The highest BCUT2D eigenvalue weighted by Crippen LogP contribution is 2.43. The summed E-state index contributed by atoms with van der Waals surface area (Å²) < 4.78 is 0. The van der Waals surface area contributed by atoms with Crippen LogP contribution in [0.1, 0.15) is 53.2 Å². The summed E-state index contributed by atoms with van der Waals surface area (Å²) in [7, 11) is 0. The van der Waals surface area contributed by atoms with Gasteiger partial charge in [-0.2, -0.15) is 5.26 Å². The topological polar surface area (TPSA) is 113 Å². The minimum Gasteiger partial charge on any atom is -0.399 e. The zero-order valence-electron chi connectivity index (χ0n) is 22.5. The molecule has 4 N–H and O–H groups in total. The van der Waals surface area contributed by atoms with E-state index in [4.69, 9.17) is 11.5 Å². The molecule has 1 aliphatic carbocycles. The summed E-state index contributed by atoms with van der Waals surface area (Å²) in [6, 6.07) is 27.8. The Morgan fingerprint density at radius 1 is 0.975 bits per heavy atom. The molecular weight excluding hydrogens is 516 g/mol. The van der Waals surface area contributed by atoms with Gasteiger partial charge in [-0.15, -0.1) is 0 Å². The first-order valence-corrected chi connectivity index (χ1v) is 14.0. The van der Waals surface area contributed by atoms with Gasteiger partial charge in [0.15, 0.2) is 0 Å². The van der Waals surface area contributed by atoms with Crippen molar-refractivity contribution in [2.75, 3.05) is 12.3 Å². The second-order valence-corrected chi connectivity index (χ2v) is 11.3. The highest BCUT2D eigenvalue weighted by atomic mass is 32.2. The first-order chi connectivity index (χ1) is 19.3. The third-order valence-corrected chi connectivity index (χ3v) is 8.23. The van der Waals surface area contributed by atoms with Gasteiger partial charge in [0.25, 0.3) is 0 Å². The van der Waals surface area contributed by atoms with E-state index in [0.717, 1.165) is 31.7 Å². The smallest absolute Gasteiger partial charge is 0.219 e. The van der Waals surface area contributed by atoms with Crippen molar-refractivity contribution in [1.82, 2.24) is 4.90 Å². The molecule has 0 fully saturated rings. The predicted molar refractivity (Wildman–Crippen MR) is 161 cm³/mol. The zero-order chi connectivity index (χ0) is 28.4. The van der Waals surface area contributed by atoms with Gasteiger partial charge >= 0.3 is 0 Å². The number of carbonyl (C=O) groups excluding carboxylic acids is 2. The van der Waals surface area contributed by atoms with E-state index < -0.39 is 5.91 Å². The summed E-state index contributed by atoms with van der Waals surface area (Å²) in [6.45, 7) is 4.98. The maximum Gasteiger partial charge on any atom is 0.219 e. The van der Waals surface area contributed by atoms with Crippen LogP contribution in [0.15, 0.2) is 94.2 Å².